The average molecular weight is 421 g/mol. The minimum Gasteiger partial charge on any atom is -0.433 e. The molecule has 0 fully saturated rings. The highest BCUT2D eigenvalue weighted by molar-refractivity contribution is 7.13. The smallest absolute Gasteiger partial charge is 0.387 e. The van der Waals surface area contributed by atoms with E-state index in [0.29, 0.717) is 28.7 Å². The average Bonchev–Trinajstić information content (AvgIpc) is 3.17. The monoisotopic (exact) mass is 420 g/mol. The zero-order valence-corrected chi connectivity index (χ0v) is 16.1. The second-order valence-electron chi connectivity index (χ2n) is 6.25. The van der Waals surface area contributed by atoms with Crippen LogP contribution in [0.4, 0.5) is 14.5 Å². The lowest BCUT2D eigenvalue weighted by atomic mass is 10.0. The van der Waals surface area contributed by atoms with Gasteiger partial charge >= 0.3 is 6.61 Å². The van der Waals surface area contributed by atoms with Gasteiger partial charge in [0.25, 0.3) is 5.91 Å². The molecule has 0 spiro atoms. The van der Waals surface area contributed by atoms with E-state index in [-0.39, 0.29) is 17.4 Å². The first-order chi connectivity index (χ1) is 13.5. The molecule has 1 aliphatic heterocycles. The highest BCUT2D eigenvalue weighted by Gasteiger charge is 2.29. The molecule has 1 aliphatic rings. The number of hydrogen-bond acceptors (Lipinski definition) is 4. The van der Waals surface area contributed by atoms with E-state index in [9.17, 15) is 13.6 Å². The lowest BCUT2D eigenvalue weighted by Crippen LogP contribution is -2.36. The lowest BCUT2D eigenvalue weighted by Gasteiger charge is -2.30. The molecule has 0 unspecified atom stereocenters. The summed E-state index contributed by atoms with van der Waals surface area (Å²) in [5.41, 5.74) is 2.34. The quantitative estimate of drug-likeness (QED) is 0.547. The minimum absolute atomic E-state index is 0.00806. The van der Waals surface area contributed by atoms with E-state index in [1.165, 1.54) is 22.3 Å². The molecule has 0 N–H and O–H groups in total. The van der Waals surface area contributed by atoms with Crippen molar-refractivity contribution in [2.75, 3.05) is 11.4 Å². The zero-order valence-electron chi connectivity index (χ0n) is 14.6. The summed E-state index contributed by atoms with van der Waals surface area (Å²) < 4.78 is 30.3. The number of carbonyl (C=O) groups is 1. The minimum atomic E-state index is -2.96. The number of carbonyl (C=O) groups excluding carboxylic acids is 1. The molecule has 0 aliphatic carbocycles. The Kier molecular flexibility index (Phi) is 5.28. The number of fused-ring (bicyclic) bond motifs is 1. The van der Waals surface area contributed by atoms with Gasteiger partial charge in [-0.3, -0.25) is 4.79 Å². The van der Waals surface area contributed by atoms with Gasteiger partial charge in [0.05, 0.1) is 5.69 Å². The van der Waals surface area contributed by atoms with Crippen molar-refractivity contribution in [3.05, 3.63) is 64.1 Å². The summed E-state index contributed by atoms with van der Waals surface area (Å²) in [5.74, 6) is -0.323. The van der Waals surface area contributed by atoms with E-state index < -0.39 is 6.61 Å². The Bertz CT molecular complexity index is 1010. The van der Waals surface area contributed by atoms with Crippen molar-refractivity contribution in [3.63, 3.8) is 0 Å². The van der Waals surface area contributed by atoms with Crippen LogP contribution in [0.1, 0.15) is 22.5 Å². The number of benzene rings is 2. The van der Waals surface area contributed by atoms with Gasteiger partial charge in [0.15, 0.2) is 0 Å². The van der Waals surface area contributed by atoms with Gasteiger partial charge in [-0.2, -0.15) is 8.78 Å². The number of amides is 1. The number of anilines is 1. The van der Waals surface area contributed by atoms with Crippen molar-refractivity contribution >= 4 is 34.5 Å². The first-order valence-electron chi connectivity index (χ1n) is 8.63. The first kappa shape index (κ1) is 18.8. The fraction of sp³-hybridized carbons (Fsp3) is 0.200. The summed E-state index contributed by atoms with van der Waals surface area (Å²) in [6.07, 6.45) is 1.44. The maximum absolute atomic E-state index is 13.1. The number of aromatic nitrogens is 1. The van der Waals surface area contributed by atoms with Crippen LogP contribution in [0.25, 0.3) is 10.6 Å². The van der Waals surface area contributed by atoms with Crippen LogP contribution in [0.5, 0.6) is 5.75 Å². The maximum atomic E-state index is 13.1. The maximum Gasteiger partial charge on any atom is 0.387 e. The number of para-hydroxylation sites is 1. The molecule has 0 saturated carbocycles. The van der Waals surface area contributed by atoms with E-state index in [4.69, 9.17) is 11.6 Å². The summed E-state index contributed by atoms with van der Waals surface area (Å²) in [6.45, 7) is -2.54. The van der Waals surface area contributed by atoms with Crippen LogP contribution < -0.4 is 9.64 Å². The molecular weight excluding hydrogens is 406 g/mol. The van der Waals surface area contributed by atoms with Gasteiger partial charge in [-0.05, 0) is 36.6 Å². The van der Waals surface area contributed by atoms with Crippen molar-refractivity contribution in [3.8, 4) is 16.3 Å². The van der Waals surface area contributed by atoms with Crippen molar-refractivity contribution < 1.29 is 18.3 Å². The number of rotatable bonds is 4. The molecule has 0 atom stereocenters. The molecular formula is C20H15ClF2N2O2S. The Morgan fingerprint density at radius 1 is 1.21 bits per heavy atom. The Morgan fingerprint density at radius 2 is 2.00 bits per heavy atom. The molecule has 2 aromatic carbocycles. The van der Waals surface area contributed by atoms with E-state index >= 15 is 0 Å². The Balaban J connectivity index is 1.66. The Hall–Kier alpha value is -2.51. The van der Waals surface area contributed by atoms with Gasteiger partial charge in [0, 0.05) is 22.5 Å². The predicted octanol–water partition coefficient (Wildman–Crippen LogP) is 5.66. The zero-order chi connectivity index (χ0) is 19.7. The van der Waals surface area contributed by atoms with Gasteiger partial charge < -0.3 is 9.64 Å². The molecule has 4 rings (SSSR count). The number of ether oxygens (including phenoxy) is 1. The third kappa shape index (κ3) is 3.72. The van der Waals surface area contributed by atoms with Crippen LogP contribution in [0.15, 0.2) is 47.8 Å². The van der Waals surface area contributed by atoms with Crippen LogP contribution in [0.2, 0.25) is 5.02 Å². The van der Waals surface area contributed by atoms with Crippen molar-refractivity contribution in [1.29, 1.82) is 0 Å². The van der Waals surface area contributed by atoms with Crippen LogP contribution in [-0.2, 0) is 6.42 Å². The summed E-state index contributed by atoms with van der Waals surface area (Å²) >= 11 is 7.26. The molecule has 0 bridgehead atoms. The van der Waals surface area contributed by atoms with E-state index in [2.05, 4.69) is 9.72 Å². The molecule has 0 saturated heterocycles. The number of aryl methyl sites for hydroxylation is 1. The third-order valence-electron chi connectivity index (χ3n) is 4.46. The van der Waals surface area contributed by atoms with Crippen molar-refractivity contribution in [2.45, 2.75) is 19.5 Å². The molecule has 1 aromatic heterocycles. The summed E-state index contributed by atoms with van der Waals surface area (Å²) in [7, 11) is 0. The van der Waals surface area contributed by atoms with Gasteiger partial charge in [-0.1, -0.05) is 35.9 Å². The molecule has 3 aromatic rings. The molecule has 0 radical (unpaired) electrons. The number of alkyl halides is 2. The molecule has 144 valence electrons. The van der Waals surface area contributed by atoms with Crippen molar-refractivity contribution in [1.82, 2.24) is 4.98 Å². The summed E-state index contributed by atoms with van der Waals surface area (Å²) in [4.78, 5) is 19.0. The Morgan fingerprint density at radius 3 is 2.75 bits per heavy atom. The number of hydrogen-bond donors (Lipinski definition) is 0. The predicted molar refractivity (Wildman–Crippen MR) is 106 cm³/mol. The highest BCUT2D eigenvalue weighted by atomic mass is 35.5. The SMILES string of the molecule is O=C(c1csc(-c2ccc(Cl)cc2)n1)N1CCCc2cccc(OC(F)F)c21. The number of nitrogens with zero attached hydrogens (tertiary/aromatic N) is 2. The topological polar surface area (TPSA) is 42.4 Å². The second-order valence-corrected chi connectivity index (χ2v) is 7.54. The largest absolute Gasteiger partial charge is 0.433 e. The van der Waals surface area contributed by atoms with Crippen LogP contribution in [0.3, 0.4) is 0 Å². The second kappa shape index (κ2) is 7.85. The van der Waals surface area contributed by atoms with Crippen LogP contribution in [0, 0.1) is 0 Å². The summed E-state index contributed by atoms with van der Waals surface area (Å²) in [6, 6.07) is 12.1. The first-order valence-corrected chi connectivity index (χ1v) is 9.89. The molecule has 8 heteroatoms. The van der Waals surface area contributed by atoms with Gasteiger partial charge in [-0.25, -0.2) is 4.98 Å². The van der Waals surface area contributed by atoms with Gasteiger partial charge in [0.1, 0.15) is 16.5 Å². The fourth-order valence-electron chi connectivity index (χ4n) is 3.24. The molecule has 2 heterocycles. The van der Waals surface area contributed by atoms with Crippen molar-refractivity contribution in [2.24, 2.45) is 0 Å². The highest BCUT2D eigenvalue weighted by Crippen LogP contribution is 2.38. The normalized spacial score (nSPS) is 13.5. The van der Waals surface area contributed by atoms with E-state index in [1.807, 2.05) is 18.2 Å². The van der Waals surface area contributed by atoms with Gasteiger partial charge in [-0.15, -0.1) is 11.3 Å². The van der Waals surface area contributed by atoms with Crippen LogP contribution >= 0.6 is 22.9 Å². The van der Waals surface area contributed by atoms with Crippen LogP contribution in [-0.4, -0.2) is 24.0 Å². The molecule has 1 amide bonds. The summed E-state index contributed by atoms with van der Waals surface area (Å²) in [5, 5.41) is 2.99. The van der Waals surface area contributed by atoms with E-state index in [1.54, 1.807) is 23.6 Å². The lowest BCUT2D eigenvalue weighted by molar-refractivity contribution is -0.0495. The Labute approximate surface area is 169 Å². The fourth-order valence-corrected chi connectivity index (χ4v) is 4.17. The molecule has 4 nitrogen and oxygen atoms in total. The molecule has 28 heavy (non-hydrogen) atoms. The number of thiazole rings is 1. The van der Waals surface area contributed by atoms with E-state index in [0.717, 1.165) is 17.5 Å². The van der Waals surface area contributed by atoms with Gasteiger partial charge in [0.2, 0.25) is 0 Å². The number of halogens is 3. The standard InChI is InChI=1S/C20H15ClF2N2O2S/c21-14-8-6-13(7-9-14)18-24-15(11-28-18)19(26)25-10-2-4-12-3-1-5-16(17(12)25)27-20(22)23/h1,3,5-9,11,20H,2,4,10H2. The third-order valence-corrected chi connectivity index (χ3v) is 5.60.